The van der Waals surface area contributed by atoms with Crippen molar-refractivity contribution in [2.45, 2.75) is 33.7 Å². The van der Waals surface area contributed by atoms with Crippen LogP contribution in [0.1, 0.15) is 31.9 Å². The molecule has 3 heteroatoms. The summed E-state index contributed by atoms with van der Waals surface area (Å²) in [5.41, 5.74) is 2.39. The molecule has 0 saturated carbocycles. The number of pyridine rings is 1. The van der Waals surface area contributed by atoms with Crippen molar-refractivity contribution in [2.75, 3.05) is 6.54 Å². The van der Waals surface area contributed by atoms with Crippen LogP contribution in [0.4, 0.5) is 0 Å². The SMILES string of the molecule is CCc1ccccc1Oc1cc(CNCC(C)C)ccn1. The Balaban J connectivity index is 2.03. The summed E-state index contributed by atoms with van der Waals surface area (Å²) in [7, 11) is 0. The maximum absolute atomic E-state index is 5.93. The highest BCUT2D eigenvalue weighted by atomic mass is 16.5. The van der Waals surface area contributed by atoms with Gasteiger partial charge < -0.3 is 10.1 Å². The molecule has 0 aliphatic carbocycles. The summed E-state index contributed by atoms with van der Waals surface area (Å²) < 4.78 is 5.93. The molecule has 0 spiro atoms. The molecule has 1 aromatic heterocycles. The molecule has 2 rings (SSSR count). The Hall–Kier alpha value is -1.87. The lowest BCUT2D eigenvalue weighted by Gasteiger charge is -2.11. The lowest BCUT2D eigenvalue weighted by atomic mass is 10.1. The van der Waals surface area contributed by atoms with Crippen molar-refractivity contribution in [3.05, 3.63) is 53.7 Å². The predicted molar refractivity (Wildman–Crippen MR) is 86.7 cm³/mol. The molecule has 0 unspecified atom stereocenters. The fourth-order valence-corrected chi connectivity index (χ4v) is 2.13. The van der Waals surface area contributed by atoms with Gasteiger partial charge in [0.1, 0.15) is 5.75 Å². The van der Waals surface area contributed by atoms with Crippen molar-refractivity contribution in [3.63, 3.8) is 0 Å². The normalized spacial score (nSPS) is 10.9. The topological polar surface area (TPSA) is 34.1 Å². The molecule has 3 nitrogen and oxygen atoms in total. The smallest absolute Gasteiger partial charge is 0.219 e. The molecule has 0 bridgehead atoms. The Morgan fingerprint density at radius 3 is 2.76 bits per heavy atom. The molecule has 0 amide bonds. The first kappa shape index (κ1) is 15.5. The highest BCUT2D eigenvalue weighted by Crippen LogP contribution is 2.24. The summed E-state index contributed by atoms with van der Waals surface area (Å²) in [5, 5.41) is 3.43. The van der Waals surface area contributed by atoms with E-state index in [1.165, 1.54) is 11.1 Å². The molecular formula is C18H24N2O. The minimum absolute atomic E-state index is 0.652. The van der Waals surface area contributed by atoms with Crippen LogP contribution < -0.4 is 10.1 Å². The number of hydrogen-bond acceptors (Lipinski definition) is 3. The zero-order valence-corrected chi connectivity index (χ0v) is 13.1. The summed E-state index contributed by atoms with van der Waals surface area (Å²) in [4.78, 5) is 4.30. The van der Waals surface area contributed by atoms with Gasteiger partial charge >= 0.3 is 0 Å². The third kappa shape index (κ3) is 4.87. The Labute approximate surface area is 127 Å². The van der Waals surface area contributed by atoms with E-state index in [4.69, 9.17) is 4.74 Å². The Kier molecular flexibility index (Phi) is 5.76. The molecule has 0 fully saturated rings. The molecule has 1 heterocycles. The van der Waals surface area contributed by atoms with E-state index in [1.807, 2.05) is 30.3 Å². The number of rotatable bonds is 7. The maximum atomic E-state index is 5.93. The van der Waals surface area contributed by atoms with Crippen LogP contribution in [0.15, 0.2) is 42.6 Å². The second kappa shape index (κ2) is 7.79. The lowest BCUT2D eigenvalue weighted by molar-refractivity contribution is 0.456. The van der Waals surface area contributed by atoms with Gasteiger partial charge in [-0.3, -0.25) is 0 Å². The lowest BCUT2D eigenvalue weighted by Crippen LogP contribution is -2.18. The molecule has 21 heavy (non-hydrogen) atoms. The first-order valence-corrected chi connectivity index (χ1v) is 7.60. The summed E-state index contributed by atoms with van der Waals surface area (Å²) in [5.74, 6) is 2.19. The molecule has 0 aliphatic rings. The summed E-state index contributed by atoms with van der Waals surface area (Å²) >= 11 is 0. The van der Waals surface area contributed by atoms with E-state index in [0.29, 0.717) is 11.8 Å². The van der Waals surface area contributed by atoms with Crippen molar-refractivity contribution in [1.29, 1.82) is 0 Å². The second-order valence-corrected chi connectivity index (χ2v) is 5.59. The molecule has 2 aromatic rings. The van der Waals surface area contributed by atoms with E-state index in [0.717, 1.165) is 25.3 Å². The number of benzene rings is 1. The van der Waals surface area contributed by atoms with Crippen LogP contribution in [0.2, 0.25) is 0 Å². The van der Waals surface area contributed by atoms with E-state index >= 15 is 0 Å². The summed E-state index contributed by atoms with van der Waals surface area (Å²) in [6.45, 7) is 8.39. The average Bonchev–Trinajstić information content (AvgIpc) is 2.48. The van der Waals surface area contributed by atoms with E-state index in [1.54, 1.807) is 6.20 Å². The fourth-order valence-electron chi connectivity index (χ4n) is 2.13. The van der Waals surface area contributed by atoms with Gasteiger partial charge in [-0.25, -0.2) is 4.98 Å². The number of nitrogens with zero attached hydrogens (tertiary/aromatic N) is 1. The van der Waals surface area contributed by atoms with Crippen molar-refractivity contribution in [2.24, 2.45) is 5.92 Å². The number of nitrogens with one attached hydrogen (secondary N) is 1. The van der Waals surface area contributed by atoms with Gasteiger partial charge in [-0.2, -0.15) is 0 Å². The van der Waals surface area contributed by atoms with Crippen molar-refractivity contribution >= 4 is 0 Å². The number of hydrogen-bond donors (Lipinski definition) is 1. The third-order valence-corrected chi connectivity index (χ3v) is 3.25. The average molecular weight is 284 g/mol. The highest BCUT2D eigenvalue weighted by Gasteiger charge is 2.04. The van der Waals surface area contributed by atoms with Crippen LogP contribution in [0.25, 0.3) is 0 Å². The van der Waals surface area contributed by atoms with Crippen LogP contribution in [-0.2, 0) is 13.0 Å². The molecule has 0 saturated heterocycles. The quantitative estimate of drug-likeness (QED) is 0.828. The van der Waals surface area contributed by atoms with Gasteiger partial charge in [-0.1, -0.05) is 39.0 Å². The van der Waals surface area contributed by atoms with E-state index < -0.39 is 0 Å². The fraction of sp³-hybridized carbons (Fsp3) is 0.389. The first-order valence-electron chi connectivity index (χ1n) is 7.60. The minimum atomic E-state index is 0.652. The summed E-state index contributed by atoms with van der Waals surface area (Å²) in [6, 6.07) is 12.1. The van der Waals surface area contributed by atoms with Gasteiger partial charge in [0.25, 0.3) is 0 Å². The largest absolute Gasteiger partial charge is 0.439 e. The van der Waals surface area contributed by atoms with Crippen LogP contribution >= 0.6 is 0 Å². The highest BCUT2D eigenvalue weighted by molar-refractivity contribution is 5.36. The molecule has 0 atom stereocenters. The van der Waals surface area contributed by atoms with Gasteiger partial charge in [0.15, 0.2) is 0 Å². The predicted octanol–water partition coefficient (Wildman–Crippen LogP) is 4.18. The monoisotopic (exact) mass is 284 g/mol. The minimum Gasteiger partial charge on any atom is -0.439 e. The van der Waals surface area contributed by atoms with E-state index in [9.17, 15) is 0 Å². The van der Waals surface area contributed by atoms with Crippen LogP contribution in [0, 0.1) is 5.92 Å². The van der Waals surface area contributed by atoms with Gasteiger partial charge in [-0.15, -0.1) is 0 Å². The Morgan fingerprint density at radius 1 is 1.19 bits per heavy atom. The summed E-state index contributed by atoms with van der Waals surface area (Å²) in [6.07, 6.45) is 2.75. The van der Waals surface area contributed by atoms with Crippen molar-refractivity contribution < 1.29 is 4.74 Å². The number of para-hydroxylation sites is 1. The molecule has 1 aromatic carbocycles. The molecule has 0 aliphatic heterocycles. The number of ether oxygens (including phenoxy) is 1. The third-order valence-electron chi connectivity index (χ3n) is 3.25. The van der Waals surface area contributed by atoms with Crippen LogP contribution in [0.3, 0.4) is 0 Å². The maximum Gasteiger partial charge on any atom is 0.219 e. The van der Waals surface area contributed by atoms with Gasteiger partial charge in [-0.05, 0) is 42.1 Å². The number of aromatic nitrogens is 1. The zero-order chi connectivity index (χ0) is 15.1. The number of aryl methyl sites for hydroxylation is 1. The Bertz CT molecular complexity index is 567. The van der Waals surface area contributed by atoms with Gasteiger partial charge in [0.2, 0.25) is 5.88 Å². The van der Waals surface area contributed by atoms with Crippen molar-refractivity contribution in [3.8, 4) is 11.6 Å². The van der Waals surface area contributed by atoms with E-state index in [-0.39, 0.29) is 0 Å². The van der Waals surface area contributed by atoms with Gasteiger partial charge in [0, 0.05) is 18.8 Å². The second-order valence-electron chi connectivity index (χ2n) is 5.59. The molecular weight excluding hydrogens is 260 g/mol. The van der Waals surface area contributed by atoms with Crippen LogP contribution in [-0.4, -0.2) is 11.5 Å². The van der Waals surface area contributed by atoms with E-state index in [2.05, 4.69) is 37.1 Å². The Morgan fingerprint density at radius 2 is 2.00 bits per heavy atom. The molecule has 1 N–H and O–H groups in total. The first-order chi connectivity index (χ1) is 10.2. The van der Waals surface area contributed by atoms with Gasteiger partial charge in [0.05, 0.1) is 0 Å². The van der Waals surface area contributed by atoms with Crippen LogP contribution in [0.5, 0.6) is 11.6 Å². The molecule has 0 radical (unpaired) electrons. The zero-order valence-electron chi connectivity index (χ0n) is 13.1. The standard InChI is InChI=1S/C18H24N2O/c1-4-16-7-5-6-8-17(16)21-18-11-15(9-10-20-18)13-19-12-14(2)3/h5-11,14,19H,4,12-13H2,1-3H3. The van der Waals surface area contributed by atoms with Crippen molar-refractivity contribution in [1.82, 2.24) is 10.3 Å². The molecule has 112 valence electrons.